The van der Waals surface area contributed by atoms with Crippen LogP contribution in [0.4, 0.5) is 4.79 Å². The van der Waals surface area contributed by atoms with Crippen LogP contribution in [0.15, 0.2) is 34.9 Å². The average molecular weight is 448 g/mol. The fourth-order valence-corrected chi connectivity index (χ4v) is 4.99. The van der Waals surface area contributed by atoms with Gasteiger partial charge in [-0.15, -0.1) is 0 Å². The average Bonchev–Trinajstić information content (AvgIpc) is 3.10. The first kappa shape index (κ1) is 21.8. The SMILES string of the molecule is CS(=O)(=O)N(CCc1noc(C2CCC2)n1)C1CN(C(=O)NCCc2ccccc2)C1. The van der Waals surface area contributed by atoms with Crippen LogP contribution in [0.2, 0.25) is 0 Å². The Hall–Kier alpha value is -2.46. The van der Waals surface area contributed by atoms with Crippen LogP contribution in [0.1, 0.15) is 42.5 Å². The lowest BCUT2D eigenvalue weighted by atomic mass is 9.85. The number of urea groups is 1. The highest BCUT2D eigenvalue weighted by Crippen LogP contribution is 2.35. The van der Waals surface area contributed by atoms with Crippen molar-refractivity contribution in [2.24, 2.45) is 0 Å². The van der Waals surface area contributed by atoms with Crippen molar-refractivity contribution in [3.05, 3.63) is 47.6 Å². The second-order valence-corrected chi connectivity index (χ2v) is 10.3. The van der Waals surface area contributed by atoms with Crippen LogP contribution >= 0.6 is 0 Å². The summed E-state index contributed by atoms with van der Waals surface area (Å²) in [5.41, 5.74) is 1.16. The van der Waals surface area contributed by atoms with Crippen LogP contribution in [-0.2, 0) is 22.9 Å². The minimum absolute atomic E-state index is 0.163. The Balaban J connectivity index is 1.24. The van der Waals surface area contributed by atoms with Crippen molar-refractivity contribution in [2.75, 3.05) is 32.4 Å². The third-order valence-corrected chi connectivity index (χ3v) is 7.34. The molecular weight excluding hydrogens is 418 g/mol. The molecule has 0 bridgehead atoms. The number of nitrogens with zero attached hydrogens (tertiary/aromatic N) is 4. The van der Waals surface area contributed by atoms with Crippen molar-refractivity contribution in [3.8, 4) is 0 Å². The molecule has 2 aromatic rings. The Bertz CT molecular complexity index is 984. The number of hydrogen-bond donors (Lipinski definition) is 1. The summed E-state index contributed by atoms with van der Waals surface area (Å²) < 4.78 is 31.4. The molecule has 2 aliphatic rings. The highest BCUT2D eigenvalue weighted by molar-refractivity contribution is 7.88. The lowest BCUT2D eigenvalue weighted by Gasteiger charge is -2.44. The van der Waals surface area contributed by atoms with Crippen LogP contribution in [-0.4, -0.2) is 72.3 Å². The maximum atomic E-state index is 12.3. The zero-order valence-corrected chi connectivity index (χ0v) is 18.6. The van der Waals surface area contributed by atoms with E-state index in [1.807, 2.05) is 30.3 Å². The minimum atomic E-state index is -3.41. The number of hydrogen-bond acceptors (Lipinski definition) is 6. The van der Waals surface area contributed by atoms with Gasteiger partial charge in [-0.05, 0) is 24.8 Å². The van der Waals surface area contributed by atoms with Gasteiger partial charge in [-0.1, -0.05) is 41.9 Å². The fourth-order valence-electron chi connectivity index (χ4n) is 3.89. The molecule has 9 nitrogen and oxygen atoms in total. The molecule has 1 aliphatic carbocycles. The summed E-state index contributed by atoms with van der Waals surface area (Å²) in [4.78, 5) is 18.4. The normalized spacial score (nSPS) is 17.4. The maximum absolute atomic E-state index is 12.3. The standard InChI is InChI=1S/C21H29N5O4S/c1-31(28,29)26(13-11-19-23-20(30-24-19)17-8-5-9-17)18-14-25(15-18)21(27)22-12-10-16-6-3-2-4-7-16/h2-4,6-7,17-18H,5,8-15H2,1H3,(H,22,27). The summed E-state index contributed by atoms with van der Waals surface area (Å²) in [6, 6.07) is 9.56. The molecule has 168 valence electrons. The van der Waals surface area contributed by atoms with Gasteiger partial charge >= 0.3 is 6.03 Å². The molecule has 1 saturated carbocycles. The quantitative estimate of drug-likeness (QED) is 0.628. The van der Waals surface area contributed by atoms with Gasteiger partial charge in [-0.2, -0.15) is 9.29 Å². The third kappa shape index (κ3) is 5.43. The van der Waals surface area contributed by atoms with E-state index < -0.39 is 10.0 Å². The Kier molecular flexibility index (Phi) is 6.57. The molecular formula is C21H29N5O4S. The van der Waals surface area contributed by atoms with E-state index in [2.05, 4.69) is 15.5 Å². The summed E-state index contributed by atoms with van der Waals surface area (Å²) in [6.45, 7) is 1.57. The lowest BCUT2D eigenvalue weighted by molar-refractivity contribution is 0.101. The largest absolute Gasteiger partial charge is 0.339 e. The molecule has 1 aliphatic heterocycles. The van der Waals surface area contributed by atoms with Crippen molar-refractivity contribution in [1.29, 1.82) is 0 Å². The molecule has 1 aromatic heterocycles. The van der Waals surface area contributed by atoms with E-state index in [9.17, 15) is 13.2 Å². The van der Waals surface area contributed by atoms with Crippen molar-refractivity contribution in [2.45, 2.75) is 44.1 Å². The third-order valence-electron chi connectivity index (χ3n) is 6.01. The van der Waals surface area contributed by atoms with Crippen molar-refractivity contribution < 1.29 is 17.7 Å². The van der Waals surface area contributed by atoms with Crippen molar-refractivity contribution in [1.82, 2.24) is 24.7 Å². The number of carbonyl (C=O) groups is 1. The Morgan fingerprint density at radius 3 is 2.61 bits per heavy atom. The van der Waals surface area contributed by atoms with Crippen LogP contribution in [0.3, 0.4) is 0 Å². The number of rotatable bonds is 9. The molecule has 1 aromatic carbocycles. The van der Waals surface area contributed by atoms with Gasteiger partial charge in [-0.3, -0.25) is 0 Å². The van der Waals surface area contributed by atoms with Gasteiger partial charge in [0.05, 0.1) is 12.3 Å². The fraction of sp³-hybridized carbons (Fsp3) is 0.571. The first-order chi connectivity index (χ1) is 14.9. The molecule has 10 heteroatoms. The topological polar surface area (TPSA) is 109 Å². The Morgan fingerprint density at radius 2 is 1.97 bits per heavy atom. The number of likely N-dealkylation sites (tertiary alicyclic amines) is 1. The van der Waals surface area contributed by atoms with E-state index in [0.29, 0.717) is 43.7 Å². The summed E-state index contributed by atoms with van der Waals surface area (Å²) in [5, 5.41) is 6.90. The second-order valence-electron chi connectivity index (χ2n) is 8.33. The van der Waals surface area contributed by atoms with E-state index in [1.165, 1.54) is 17.0 Å². The highest BCUT2D eigenvalue weighted by atomic mass is 32.2. The molecule has 31 heavy (non-hydrogen) atoms. The molecule has 4 rings (SSSR count). The summed E-state index contributed by atoms with van der Waals surface area (Å²) >= 11 is 0. The van der Waals surface area contributed by atoms with E-state index in [0.717, 1.165) is 24.8 Å². The van der Waals surface area contributed by atoms with E-state index in [1.54, 1.807) is 4.90 Å². The molecule has 2 heterocycles. The van der Waals surface area contributed by atoms with E-state index >= 15 is 0 Å². The highest BCUT2D eigenvalue weighted by Gasteiger charge is 2.38. The zero-order valence-electron chi connectivity index (χ0n) is 17.7. The van der Waals surface area contributed by atoms with Crippen LogP contribution < -0.4 is 5.32 Å². The molecule has 0 radical (unpaired) electrons. The Labute approximate surface area is 182 Å². The van der Waals surface area contributed by atoms with Gasteiger partial charge in [0.15, 0.2) is 5.82 Å². The number of nitrogens with one attached hydrogen (secondary N) is 1. The minimum Gasteiger partial charge on any atom is -0.339 e. The number of carbonyl (C=O) groups excluding carboxylic acids is 1. The number of amides is 2. The molecule has 2 fully saturated rings. The van der Waals surface area contributed by atoms with Crippen molar-refractivity contribution >= 4 is 16.1 Å². The lowest BCUT2D eigenvalue weighted by Crippen LogP contribution is -2.64. The first-order valence-corrected chi connectivity index (χ1v) is 12.6. The molecule has 0 unspecified atom stereocenters. The second kappa shape index (κ2) is 9.35. The van der Waals surface area contributed by atoms with E-state index in [4.69, 9.17) is 4.52 Å². The van der Waals surface area contributed by atoms with Gasteiger partial charge in [0.2, 0.25) is 15.9 Å². The summed E-state index contributed by atoms with van der Waals surface area (Å²) in [7, 11) is -3.41. The molecule has 2 amide bonds. The van der Waals surface area contributed by atoms with Crippen LogP contribution in [0.5, 0.6) is 0 Å². The molecule has 0 spiro atoms. The Morgan fingerprint density at radius 1 is 1.23 bits per heavy atom. The predicted molar refractivity (Wildman–Crippen MR) is 115 cm³/mol. The molecule has 1 N–H and O–H groups in total. The molecule has 0 atom stereocenters. The van der Waals surface area contributed by atoms with Gasteiger partial charge in [-0.25, -0.2) is 13.2 Å². The number of sulfonamides is 1. The predicted octanol–water partition coefficient (Wildman–Crippen LogP) is 1.78. The zero-order chi connectivity index (χ0) is 21.8. The smallest absolute Gasteiger partial charge is 0.317 e. The van der Waals surface area contributed by atoms with Gasteiger partial charge < -0.3 is 14.7 Å². The first-order valence-electron chi connectivity index (χ1n) is 10.8. The monoisotopic (exact) mass is 447 g/mol. The number of aromatic nitrogens is 2. The van der Waals surface area contributed by atoms with Gasteiger partial charge in [0.25, 0.3) is 0 Å². The van der Waals surface area contributed by atoms with Crippen LogP contribution in [0.25, 0.3) is 0 Å². The van der Waals surface area contributed by atoms with Crippen molar-refractivity contribution in [3.63, 3.8) is 0 Å². The number of benzene rings is 1. The molecule has 1 saturated heterocycles. The summed E-state index contributed by atoms with van der Waals surface area (Å²) in [6.07, 6.45) is 5.68. The maximum Gasteiger partial charge on any atom is 0.317 e. The van der Waals surface area contributed by atoms with E-state index in [-0.39, 0.29) is 18.6 Å². The van der Waals surface area contributed by atoms with Crippen LogP contribution in [0, 0.1) is 0 Å². The summed E-state index contributed by atoms with van der Waals surface area (Å²) in [5.74, 6) is 1.55. The van der Waals surface area contributed by atoms with Gasteiger partial charge in [0, 0.05) is 38.5 Å². The van der Waals surface area contributed by atoms with Gasteiger partial charge in [0.1, 0.15) is 0 Å².